The zero-order valence-electron chi connectivity index (χ0n) is 15.7. The van der Waals surface area contributed by atoms with Gasteiger partial charge in [-0.25, -0.2) is 0 Å². The molecule has 3 rings (SSSR count). The molecule has 0 spiro atoms. The summed E-state index contributed by atoms with van der Waals surface area (Å²) in [5.41, 5.74) is 1.72. The molecular formula is C19H30Cl3N3O2. The molecule has 2 N–H and O–H groups in total. The summed E-state index contributed by atoms with van der Waals surface area (Å²) in [6, 6.07) is 5.70. The Morgan fingerprint density at radius 2 is 1.96 bits per heavy atom. The van der Waals surface area contributed by atoms with E-state index in [1.165, 1.54) is 0 Å². The Morgan fingerprint density at radius 3 is 2.63 bits per heavy atom. The van der Waals surface area contributed by atoms with Gasteiger partial charge in [-0.1, -0.05) is 24.6 Å². The van der Waals surface area contributed by atoms with Gasteiger partial charge in [-0.15, -0.1) is 24.8 Å². The predicted molar refractivity (Wildman–Crippen MR) is 117 cm³/mol. The van der Waals surface area contributed by atoms with Gasteiger partial charge >= 0.3 is 0 Å². The molecule has 2 saturated heterocycles. The summed E-state index contributed by atoms with van der Waals surface area (Å²) in [5.74, 6) is 1.10. The minimum absolute atomic E-state index is 0. The fourth-order valence-electron chi connectivity index (χ4n) is 3.80. The maximum Gasteiger partial charge on any atom is 0.224 e. The fourth-order valence-corrected chi connectivity index (χ4v) is 4.09. The summed E-state index contributed by atoms with van der Waals surface area (Å²) < 4.78 is 5.42. The highest BCUT2D eigenvalue weighted by atomic mass is 35.5. The lowest BCUT2D eigenvalue weighted by atomic mass is 9.84. The highest BCUT2D eigenvalue weighted by Crippen LogP contribution is 2.35. The van der Waals surface area contributed by atoms with E-state index in [2.05, 4.69) is 22.5 Å². The summed E-state index contributed by atoms with van der Waals surface area (Å²) in [4.78, 5) is 14.8. The third-order valence-corrected chi connectivity index (χ3v) is 5.59. The second-order valence-corrected chi connectivity index (χ2v) is 7.46. The molecule has 0 aromatic heterocycles. The lowest BCUT2D eigenvalue weighted by Crippen LogP contribution is -2.37. The molecule has 154 valence electrons. The van der Waals surface area contributed by atoms with Crippen LogP contribution in [-0.4, -0.2) is 45.3 Å². The smallest absolute Gasteiger partial charge is 0.224 e. The largest absolute Gasteiger partial charge is 0.378 e. The number of rotatable bonds is 5. The first-order valence-electron chi connectivity index (χ1n) is 9.27. The Balaban J connectivity index is 0.00000182. The number of benzene rings is 1. The molecule has 1 amide bonds. The van der Waals surface area contributed by atoms with E-state index in [1.54, 1.807) is 0 Å². The van der Waals surface area contributed by atoms with Crippen LogP contribution in [0.2, 0.25) is 5.02 Å². The van der Waals surface area contributed by atoms with Crippen molar-refractivity contribution in [3.63, 3.8) is 0 Å². The molecule has 1 unspecified atom stereocenters. The number of halogens is 3. The standard InChI is InChI=1S/C19H28ClN3O2.2ClH/c1-14(15-5-7-21-8-6-15)13-18(24)22-17-4-2-3-16(20)19(17)23-9-11-25-12-10-23;;/h2-4,14-15,21H,5-13H2,1H3,(H,22,24);2*1H. The number of carbonyl (C=O) groups excluding carboxylic acids is 1. The topological polar surface area (TPSA) is 53.6 Å². The molecule has 1 aromatic carbocycles. The molecule has 2 aliphatic rings. The average molecular weight is 439 g/mol. The van der Waals surface area contributed by atoms with Crippen LogP contribution in [-0.2, 0) is 9.53 Å². The maximum absolute atomic E-state index is 12.6. The molecule has 2 heterocycles. The van der Waals surface area contributed by atoms with Crippen LogP contribution in [0, 0.1) is 11.8 Å². The van der Waals surface area contributed by atoms with Gasteiger partial charge in [0, 0.05) is 19.5 Å². The third kappa shape index (κ3) is 6.68. The minimum Gasteiger partial charge on any atom is -0.378 e. The first-order valence-corrected chi connectivity index (χ1v) is 9.64. The van der Waals surface area contributed by atoms with E-state index in [-0.39, 0.29) is 30.7 Å². The summed E-state index contributed by atoms with van der Waals surface area (Å²) in [6.45, 7) is 7.27. The lowest BCUT2D eigenvalue weighted by Gasteiger charge is -2.31. The molecular weight excluding hydrogens is 409 g/mol. The summed E-state index contributed by atoms with van der Waals surface area (Å²) in [5, 5.41) is 7.15. The molecule has 1 aromatic rings. The number of ether oxygens (including phenoxy) is 1. The number of carbonyl (C=O) groups is 1. The van der Waals surface area contributed by atoms with Crippen molar-refractivity contribution in [1.82, 2.24) is 5.32 Å². The molecule has 2 aliphatic heterocycles. The van der Waals surface area contributed by atoms with Crippen LogP contribution in [0.15, 0.2) is 18.2 Å². The predicted octanol–water partition coefficient (Wildman–Crippen LogP) is 3.98. The number of hydrogen-bond acceptors (Lipinski definition) is 4. The Kier molecular flexibility index (Phi) is 10.8. The van der Waals surface area contributed by atoms with Gasteiger partial charge in [-0.05, 0) is 49.9 Å². The molecule has 0 aliphatic carbocycles. The molecule has 8 heteroatoms. The van der Waals surface area contributed by atoms with E-state index in [9.17, 15) is 4.79 Å². The number of morpholine rings is 1. The molecule has 1 atom stereocenters. The Bertz CT molecular complexity index is 592. The van der Waals surface area contributed by atoms with Crippen molar-refractivity contribution in [2.75, 3.05) is 49.6 Å². The van der Waals surface area contributed by atoms with Gasteiger partial charge in [0.1, 0.15) is 0 Å². The quantitative estimate of drug-likeness (QED) is 0.730. The number of piperidine rings is 1. The van der Waals surface area contributed by atoms with E-state index in [0.29, 0.717) is 36.5 Å². The number of anilines is 2. The summed E-state index contributed by atoms with van der Waals surface area (Å²) >= 11 is 6.43. The van der Waals surface area contributed by atoms with Crippen molar-refractivity contribution in [2.24, 2.45) is 11.8 Å². The molecule has 0 bridgehead atoms. The van der Waals surface area contributed by atoms with Crippen LogP contribution in [0.3, 0.4) is 0 Å². The molecule has 0 saturated carbocycles. The first-order chi connectivity index (χ1) is 12.1. The van der Waals surface area contributed by atoms with Crippen LogP contribution in [0.1, 0.15) is 26.2 Å². The van der Waals surface area contributed by atoms with Crippen molar-refractivity contribution in [2.45, 2.75) is 26.2 Å². The minimum atomic E-state index is 0. The number of para-hydroxylation sites is 1. The van der Waals surface area contributed by atoms with Gasteiger partial charge in [-0.2, -0.15) is 0 Å². The zero-order chi connectivity index (χ0) is 17.6. The molecule has 0 radical (unpaired) electrons. The van der Waals surface area contributed by atoms with Crippen LogP contribution in [0.5, 0.6) is 0 Å². The van der Waals surface area contributed by atoms with Crippen molar-refractivity contribution < 1.29 is 9.53 Å². The van der Waals surface area contributed by atoms with Gasteiger partial charge in [0.15, 0.2) is 0 Å². The van der Waals surface area contributed by atoms with E-state index in [4.69, 9.17) is 16.3 Å². The molecule has 5 nitrogen and oxygen atoms in total. The second-order valence-electron chi connectivity index (χ2n) is 7.05. The third-order valence-electron chi connectivity index (χ3n) is 5.28. The first kappa shape index (κ1) is 24.3. The normalized spacial score (nSPS) is 18.8. The molecule has 27 heavy (non-hydrogen) atoms. The van der Waals surface area contributed by atoms with Gasteiger partial charge in [0.2, 0.25) is 5.91 Å². The summed E-state index contributed by atoms with van der Waals surface area (Å²) in [7, 11) is 0. The number of nitrogens with zero attached hydrogens (tertiary/aromatic N) is 1. The number of nitrogens with one attached hydrogen (secondary N) is 2. The lowest BCUT2D eigenvalue weighted by molar-refractivity contribution is -0.117. The second kappa shape index (κ2) is 12.0. The monoisotopic (exact) mass is 437 g/mol. The maximum atomic E-state index is 12.6. The van der Waals surface area contributed by atoms with Crippen molar-refractivity contribution in [1.29, 1.82) is 0 Å². The van der Waals surface area contributed by atoms with Crippen LogP contribution in [0.4, 0.5) is 11.4 Å². The highest BCUT2D eigenvalue weighted by molar-refractivity contribution is 6.34. The van der Waals surface area contributed by atoms with E-state index >= 15 is 0 Å². The van der Waals surface area contributed by atoms with Gasteiger partial charge in [0.05, 0.1) is 29.6 Å². The fraction of sp³-hybridized carbons (Fsp3) is 0.632. The van der Waals surface area contributed by atoms with Gasteiger partial charge in [-0.3, -0.25) is 4.79 Å². The SMILES string of the molecule is CC(CC(=O)Nc1cccc(Cl)c1N1CCOCC1)C1CCNCC1.Cl.Cl. The van der Waals surface area contributed by atoms with E-state index < -0.39 is 0 Å². The van der Waals surface area contributed by atoms with E-state index in [0.717, 1.165) is 50.4 Å². The summed E-state index contributed by atoms with van der Waals surface area (Å²) in [6.07, 6.45) is 2.87. The van der Waals surface area contributed by atoms with Crippen molar-refractivity contribution in [3.05, 3.63) is 23.2 Å². The average Bonchev–Trinajstić information content (AvgIpc) is 2.63. The van der Waals surface area contributed by atoms with Gasteiger partial charge < -0.3 is 20.3 Å². The van der Waals surface area contributed by atoms with Crippen molar-refractivity contribution >= 4 is 53.7 Å². The Labute approximate surface area is 179 Å². The number of amides is 1. The highest BCUT2D eigenvalue weighted by Gasteiger charge is 2.23. The number of hydrogen-bond donors (Lipinski definition) is 2. The zero-order valence-corrected chi connectivity index (χ0v) is 18.1. The van der Waals surface area contributed by atoms with Crippen molar-refractivity contribution in [3.8, 4) is 0 Å². The Morgan fingerprint density at radius 1 is 1.30 bits per heavy atom. The van der Waals surface area contributed by atoms with Crippen LogP contribution >= 0.6 is 36.4 Å². The molecule has 2 fully saturated rings. The van der Waals surface area contributed by atoms with E-state index in [1.807, 2.05) is 18.2 Å². The van der Waals surface area contributed by atoms with Gasteiger partial charge in [0.25, 0.3) is 0 Å². The van der Waals surface area contributed by atoms with Crippen LogP contribution in [0.25, 0.3) is 0 Å². The van der Waals surface area contributed by atoms with Crippen LogP contribution < -0.4 is 15.5 Å². The Hall–Kier alpha value is -0.720.